The third-order valence-electron chi connectivity index (χ3n) is 3.97. The first-order valence-corrected chi connectivity index (χ1v) is 7.02. The topological polar surface area (TPSA) is 88.5 Å². The summed E-state index contributed by atoms with van der Waals surface area (Å²) in [4.78, 5) is 27.6. The summed E-state index contributed by atoms with van der Waals surface area (Å²) < 4.78 is 5.21. The van der Waals surface area contributed by atoms with Crippen molar-refractivity contribution in [1.29, 1.82) is 0 Å². The average Bonchev–Trinajstić information content (AvgIpc) is 2.48. The van der Waals surface area contributed by atoms with Crippen LogP contribution in [-0.2, 0) is 20.7 Å². The second-order valence-corrected chi connectivity index (χ2v) is 5.42. The van der Waals surface area contributed by atoms with Crippen molar-refractivity contribution in [2.24, 2.45) is 5.41 Å². The van der Waals surface area contributed by atoms with Crippen molar-refractivity contribution < 1.29 is 19.4 Å². The van der Waals surface area contributed by atoms with E-state index in [0.29, 0.717) is 31.7 Å². The van der Waals surface area contributed by atoms with Crippen LogP contribution in [-0.4, -0.2) is 41.7 Å². The van der Waals surface area contributed by atoms with Crippen LogP contribution in [0.15, 0.2) is 18.3 Å². The molecule has 1 aliphatic heterocycles. The summed E-state index contributed by atoms with van der Waals surface area (Å²) in [7, 11) is 0. The maximum Gasteiger partial charge on any atom is 0.311 e. The van der Waals surface area contributed by atoms with Gasteiger partial charge in [-0.25, -0.2) is 0 Å². The highest BCUT2D eigenvalue weighted by molar-refractivity contribution is 5.80. The molecule has 0 atom stereocenters. The molecule has 1 saturated heterocycles. The first kappa shape index (κ1) is 15.4. The molecule has 0 bridgehead atoms. The summed E-state index contributed by atoms with van der Waals surface area (Å²) in [5.41, 5.74) is 0.755. The predicted molar refractivity (Wildman–Crippen MR) is 75.8 cm³/mol. The number of pyridine rings is 1. The molecule has 0 saturated carbocycles. The first-order valence-electron chi connectivity index (χ1n) is 7.02. The maximum atomic E-state index is 12.0. The zero-order valence-corrected chi connectivity index (χ0v) is 12.1. The van der Waals surface area contributed by atoms with Gasteiger partial charge < -0.3 is 15.2 Å². The summed E-state index contributed by atoms with van der Waals surface area (Å²) in [5.74, 6) is -1.08. The fourth-order valence-corrected chi connectivity index (χ4v) is 2.41. The Bertz CT molecular complexity index is 524. The first-order chi connectivity index (χ1) is 10.0. The number of amides is 1. The number of aryl methyl sites for hydroxylation is 1. The van der Waals surface area contributed by atoms with Crippen LogP contribution >= 0.6 is 0 Å². The standard InChI is InChI=1S/C15H20N2O4/c1-11-3-2-6-16-12(11)9-13(18)17-10-15(14(19)20)4-7-21-8-5-15/h2-3,6H,4-5,7-10H2,1H3,(H,17,18)(H,19,20). The Balaban J connectivity index is 1.93. The molecule has 21 heavy (non-hydrogen) atoms. The molecule has 6 heteroatoms. The van der Waals surface area contributed by atoms with Gasteiger partial charge in [0, 0.05) is 26.0 Å². The largest absolute Gasteiger partial charge is 0.481 e. The van der Waals surface area contributed by atoms with Crippen molar-refractivity contribution >= 4 is 11.9 Å². The number of aromatic nitrogens is 1. The normalized spacial score (nSPS) is 17.2. The van der Waals surface area contributed by atoms with Gasteiger partial charge in [0.1, 0.15) is 0 Å². The molecule has 1 aromatic heterocycles. The Kier molecular flexibility index (Phi) is 4.90. The Labute approximate surface area is 123 Å². The average molecular weight is 292 g/mol. The van der Waals surface area contributed by atoms with Crippen molar-refractivity contribution in [3.63, 3.8) is 0 Å². The van der Waals surface area contributed by atoms with E-state index in [2.05, 4.69) is 10.3 Å². The number of carboxylic acid groups (broad SMARTS) is 1. The van der Waals surface area contributed by atoms with Crippen LogP contribution < -0.4 is 5.32 Å². The van der Waals surface area contributed by atoms with Crippen LogP contribution in [0.4, 0.5) is 0 Å². The molecule has 2 rings (SSSR count). The van der Waals surface area contributed by atoms with Crippen LogP contribution in [0.3, 0.4) is 0 Å². The van der Waals surface area contributed by atoms with Crippen molar-refractivity contribution in [3.8, 4) is 0 Å². The van der Waals surface area contributed by atoms with Crippen molar-refractivity contribution in [1.82, 2.24) is 10.3 Å². The van der Waals surface area contributed by atoms with Gasteiger partial charge in [-0.1, -0.05) is 6.07 Å². The molecule has 2 heterocycles. The minimum Gasteiger partial charge on any atom is -0.481 e. The highest BCUT2D eigenvalue weighted by Crippen LogP contribution is 2.30. The van der Waals surface area contributed by atoms with E-state index in [1.807, 2.05) is 19.1 Å². The molecule has 0 aliphatic carbocycles. The van der Waals surface area contributed by atoms with E-state index < -0.39 is 11.4 Å². The van der Waals surface area contributed by atoms with Gasteiger partial charge in [-0.15, -0.1) is 0 Å². The molecule has 1 amide bonds. The van der Waals surface area contributed by atoms with E-state index in [1.165, 1.54) is 0 Å². The van der Waals surface area contributed by atoms with Crippen molar-refractivity contribution in [2.45, 2.75) is 26.2 Å². The molecule has 2 N–H and O–H groups in total. The molecular weight excluding hydrogens is 272 g/mol. The van der Waals surface area contributed by atoms with Gasteiger partial charge in [0.15, 0.2) is 0 Å². The predicted octanol–water partition coefficient (Wildman–Crippen LogP) is 0.930. The Morgan fingerprint density at radius 1 is 1.43 bits per heavy atom. The van der Waals surface area contributed by atoms with Crippen molar-refractivity contribution in [2.75, 3.05) is 19.8 Å². The lowest BCUT2D eigenvalue weighted by Crippen LogP contribution is -2.46. The van der Waals surface area contributed by atoms with Crippen LogP contribution in [0.25, 0.3) is 0 Å². The fraction of sp³-hybridized carbons (Fsp3) is 0.533. The van der Waals surface area contributed by atoms with E-state index in [0.717, 1.165) is 5.56 Å². The summed E-state index contributed by atoms with van der Waals surface area (Å²) >= 11 is 0. The lowest BCUT2D eigenvalue weighted by atomic mass is 9.80. The highest BCUT2D eigenvalue weighted by Gasteiger charge is 2.40. The molecule has 6 nitrogen and oxygen atoms in total. The minimum absolute atomic E-state index is 0.135. The number of nitrogens with zero attached hydrogens (tertiary/aromatic N) is 1. The second-order valence-electron chi connectivity index (χ2n) is 5.42. The number of carbonyl (C=O) groups is 2. The van der Waals surface area contributed by atoms with Gasteiger partial charge in [-0.3, -0.25) is 14.6 Å². The number of carbonyl (C=O) groups excluding carboxylic acids is 1. The molecule has 0 unspecified atom stereocenters. The van der Waals surface area contributed by atoms with E-state index in [9.17, 15) is 14.7 Å². The molecule has 114 valence electrons. The molecule has 0 radical (unpaired) electrons. The number of hydrogen-bond acceptors (Lipinski definition) is 4. The smallest absolute Gasteiger partial charge is 0.311 e. The van der Waals surface area contributed by atoms with Gasteiger partial charge in [0.25, 0.3) is 0 Å². The number of carboxylic acids is 1. The lowest BCUT2D eigenvalue weighted by Gasteiger charge is -2.33. The van der Waals surface area contributed by atoms with E-state index in [-0.39, 0.29) is 18.9 Å². The molecule has 1 aromatic rings. The summed E-state index contributed by atoms with van der Waals surface area (Å²) in [6.07, 6.45) is 2.65. The third kappa shape index (κ3) is 3.78. The number of nitrogens with one attached hydrogen (secondary N) is 1. The van der Waals surface area contributed by atoms with Gasteiger partial charge in [-0.05, 0) is 31.4 Å². The van der Waals surface area contributed by atoms with Gasteiger partial charge in [-0.2, -0.15) is 0 Å². The molecular formula is C15H20N2O4. The van der Waals surface area contributed by atoms with Crippen LogP contribution in [0.5, 0.6) is 0 Å². The van der Waals surface area contributed by atoms with E-state index >= 15 is 0 Å². The highest BCUT2D eigenvalue weighted by atomic mass is 16.5. The lowest BCUT2D eigenvalue weighted by molar-refractivity contribution is -0.154. The second kappa shape index (κ2) is 6.67. The zero-order chi connectivity index (χ0) is 15.3. The monoisotopic (exact) mass is 292 g/mol. The number of ether oxygens (including phenoxy) is 1. The van der Waals surface area contributed by atoms with Crippen molar-refractivity contribution in [3.05, 3.63) is 29.6 Å². The molecule has 1 aliphatic rings. The van der Waals surface area contributed by atoms with Gasteiger partial charge >= 0.3 is 5.97 Å². The zero-order valence-electron chi connectivity index (χ0n) is 12.1. The minimum atomic E-state index is -0.910. The SMILES string of the molecule is Cc1cccnc1CC(=O)NCC1(C(=O)O)CCOCC1. The third-order valence-corrected chi connectivity index (χ3v) is 3.97. The fourth-order valence-electron chi connectivity index (χ4n) is 2.41. The summed E-state index contributed by atoms with van der Waals surface area (Å²) in [6.45, 7) is 2.87. The van der Waals surface area contributed by atoms with Gasteiger partial charge in [0.2, 0.25) is 5.91 Å². The van der Waals surface area contributed by atoms with Gasteiger partial charge in [0.05, 0.1) is 17.5 Å². The summed E-state index contributed by atoms with van der Waals surface area (Å²) in [5, 5.41) is 12.2. The summed E-state index contributed by atoms with van der Waals surface area (Å²) in [6, 6.07) is 3.71. The van der Waals surface area contributed by atoms with Crippen LogP contribution in [0, 0.1) is 12.3 Å². The number of hydrogen-bond donors (Lipinski definition) is 2. The van der Waals surface area contributed by atoms with E-state index in [1.54, 1.807) is 6.20 Å². The Morgan fingerprint density at radius 2 is 2.14 bits per heavy atom. The van der Waals surface area contributed by atoms with E-state index in [4.69, 9.17) is 4.74 Å². The van der Waals surface area contributed by atoms with Crippen LogP contribution in [0.2, 0.25) is 0 Å². The Morgan fingerprint density at radius 3 is 2.76 bits per heavy atom. The Hall–Kier alpha value is -1.95. The number of aliphatic carboxylic acids is 1. The molecule has 0 aromatic carbocycles. The molecule has 0 spiro atoms. The maximum absolute atomic E-state index is 12.0. The molecule has 1 fully saturated rings. The van der Waals surface area contributed by atoms with Crippen LogP contribution in [0.1, 0.15) is 24.1 Å². The number of rotatable bonds is 5. The quantitative estimate of drug-likeness (QED) is 0.843.